The van der Waals surface area contributed by atoms with Crippen LogP contribution in [0.1, 0.15) is 27.4 Å². The van der Waals surface area contributed by atoms with Crippen LogP contribution >= 0.6 is 58.0 Å². The lowest BCUT2D eigenvalue weighted by molar-refractivity contribution is -0.117. The van der Waals surface area contributed by atoms with E-state index in [1.165, 1.54) is 12.1 Å². The van der Waals surface area contributed by atoms with Gasteiger partial charge in [-0.3, -0.25) is 9.59 Å². The lowest BCUT2D eigenvalue weighted by Crippen LogP contribution is -2.19. The van der Waals surface area contributed by atoms with Gasteiger partial charge in [0.25, 0.3) is 5.91 Å². The fourth-order valence-electron chi connectivity index (χ4n) is 3.86. The van der Waals surface area contributed by atoms with Crippen molar-refractivity contribution in [1.29, 1.82) is 0 Å². The molecule has 0 aromatic heterocycles. The highest BCUT2D eigenvalue weighted by Gasteiger charge is 2.67. The summed E-state index contributed by atoms with van der Waals surface area (Å²) in [5, 5.41) is 5.47. The van der Waals surface area contributed by atoms with Crippen LogP contribution in [0.2, 0.25) is 15.1 Å². The van der Waals surface area contributed by atoms with E-state index in [9.17, 15) is 18.4 Å². The number of halogens is 7. The van der Waals surface area contributed by atoms with Crippen molar-refractivity contribution in [1.82, 2.24) is 0 Å². The van der Waals surface area contributed by atoms with Gasteiger partial charge in [0.1, 0.15) is 15.8 Å². The van der Waals surface area contributed by atoms with Gasteiger partial charge in [-0.15, -0.1) is 23.2 Å². The first-order valence-corrected chi connectivity index (χ1v) is 12.2. The molecule has 188 valence electrons. The van der Waals surface area contributed by atoms with Gasteiger partial charge in [-0.25, -0.2) is 8.78 Å². The van der Waals surface area contributed by atoms with Crippen LogP contribution < -0.4 is 16.4 Å². The largest absolute Gasteiger partial charge is 0.396 e. The third kappa shape index (κ3) is 4.95. The SMILES string of the molecule is Cc1cc(NC(=O)[C@H]2[C@H](c3ccc(Cl)c(Cl)c3)C2(Cl)Cl)cc(C(=O)Nc2c(F)ccc(N)c2F)c1Cl. The van der Waals surface area contributed by atoms with E-state index in [1.54, 1.807) is 25.1 Å². The lowest BCUT2D eigenvalue weighted by Gasteiger charge is -2.13. The number of rotatable bonds is 5. The van der Waals surface area contributed by atoms with Crippen LogP contribution in [0.5, 0.6) is 0 Å². The van der Waals surface area contributed by atoms with E-state index >= 15 is 0 Å². The predicted molar refractivity (Wildman–Crippen MR) is 141 cm³/mol. The second kappa shape index (κ2) is 9.88. The van der Waals surface area contributed by atoms with Gasteiger partial charge in [0.05, 0.1) is 32.2 Å². The third-order valence-corrected chi connectivity index (χ3v) is 7.95. The Bertz CT molecular complexity index is 1420. The average molecular weight is 594 g/mol. The van der Waals surface area contributed by atoms with E-state index in [0.29, 0.717) is 21.2 Å². The van der Waals surface area contributed by atoms with Gasteiger partial charge in [0.15, 0.2) is 5.82 Å². The molecule has 4 rings (SSSR count). The molecule has 36 heavy (non-hydrogen) atoms. The average Bonchev–Trinajstić information content (AvgIpc) is 3.39. The molecule has 0 heterocycles. The summed E-state index contributed by atoms with van der Waals surface area (Å²) in [5.74, 6) is -4.95. The minimum atomic E-state index is -1.40. The van der Waals surface area contributed by atoms with Gasteiger partial charge in [-0.05, 0) is 54.4 Å². The van der Waals surface area contributed by atoms with Crippen LogP contribution in [0.3, 0.4) is 0 Å². The number of benzene rings is 3. The molecular formula is C24H16Cl5F2N3O2. The molecule has 2 atom stereocenters. The molecule has 1 fully saturated rings. The number of alkyl halides is 2. The molecule has 12 heteroatoms. The fraction of sp³-hybridized carbons (Fsp3) is 0.167. The summed E-state index contributed by atoms with van der Waals surface area (Å²) in [5.41, 5.74) is 5.52. The summed E-state index contributed by atoms with van der Waals surface area (Å²) in [6.45, 7) is 1.60. The Kier molecular flexibility index (Phi) is 7.34. The number of anilines is 3. The number of nitrogen functional groups attached to an aromatic ring is 1. The quantitative estimate of drug-likeness (QED) is 0.211. The fourth-order valence-corrected chi connectivity index (χ4v) is 5.19. The van der Waals surface area contributed by atoms with Crippen LogP contribution in [0.4, 0.5) is 25.8 Å². The van der Waals surface area contributed by atoms with Crippen molar-refractivity contribution in [2.24, 2.45) is 5.92 Å². The molecule has 0 radical (unpaired) electrons. The highest BCUT2D eigenvalue weighted by molar-refractivity contribution is 6.53. The zero-order valence-electron chi connectivity index (χ0n) is 18.2. The second-order valence-electron chi connectivity index (χ2n) is 8.23. The van der Waals surface area contributed by atoms with E-state index < -0.39 is 45.3 Å². The smallest absolute Gasteiger partial charge is 0.257 e. The van der Waals surface area contributed by atoms with E-state index in [1.807, 2.05) is 0 Å². The number of nitrogens with one attached hydrogen (secondary N) is 2. The van der Waals surface area contributed by atoms with Crippen LogP contribution in [0.25, 0.3) is 0 Å². The molecule has 0 saturated heterocycles. The molecule has 5 nitrogen and oxygen atoms in total. The molecular weight excluding hydrogens is 578 g/mol. The number of aryl methyl sites for hydroxylation is 1. The Morgan fingerprint density at radius 3 is 2.33 bits per heavy atom. The number of hydrogen-bond donors (Lipinski definition) is 3. The van der Waals surface area contributed by atoms with Gasteiger partial charge in [0, 0.05) is 11.6 Å². The standard InChI is InChI=1S/C24H16Cl5F2N3O2/c1-9-6-11(8-12(19(9)27)22(35)34-21-15(30)4-5-16(32)20(21)31)33-23(36)18-17(24(18,28)29)10-2-3-13(25)14(26)7-10/h2-8,17-18H,32H2,1H3,(H,33,36)(H,34,35)/t17-,18+/m0/s1. The second-order valence-corrected chi connectivity index (χ2v) is 10.9. The zero-order chi connectivity index (χ0) is 26.5. The maximum absolute atomic E-state index is 14.3. The molecule has 0 unspecified atom stereocenters. The van der Waals surface area contributed by atoms with Crippen LogP contribution in [-0.2, 0) is 4.79 Å². The van der Waals surface area contributed by atoms with Gasteiger partial charge < -0.3 is 16.4 Å². The number of carbonyl (C=O) groups excluding carboxylic acids is 2. The van der Waals surface area contributed by atoms with Crippen LogP contribution in [-0.4, -0.2) is 16.1 Å². The molecule has 2 amide bonds. The van der Waals surface area contributed by atoms with Crippen LogP contribution in [0, 0.1) is 24.5 Å². The lowest BCUT2D eigenvalue weighted by atomic mass is 10.1. The van der Waals surface area contributed by atoms with Crippen LogP contribution in [0.15, 0.2) is 42.5 Å². The highest BCUT2D eigenvalue weighted by atomic mass is 35.5. The predicted octanol–water partition coefficient (Wildman–Crippen LogP) is 7.59. The number of hydrogen-bond acceptors (Lipinski definition) is 3. The Morgan fingerprint density at radius 2 is 1.67 bits per heavy atom. The first-order valence-electron chi connectivity index (χ1n) is 10.3. The monoisotopic (exact) mass is 591 g/mol. The third-order valence-electron chi connectivity index (χ3n) is 5.76. The van der Waals surface area contributed by atoms with Crippen molar-refractivity contribution in [2.45, 2.75) is 17.2 Å². The minimum Gasteiger partial charge on any atom is -0.396 e. The zero-order valence-corrected chi connectivity index (χ0v) is 22.0. The summed E-state index contributed by atoms with van der Waals surface area (Å²) in [4.78, 5) is 25.9. The summed E-state index contributed by atoms with van der Waals surface area (Å²) < 4.78 is 26.9. The van der Waals surface area contributed by atoms with Gasteiger partial charge in [0.2, 0.25) is 5.91 Å². The summed E-state index contributed by atoms with van der Waals surface area (Å²) in [7, 11) is 0. The Labute approximate surface area is 229 Å². The summed E-state index contributed by atoms with van der Waals surface area (Å²) >= 11 is 31.1. The minimum absolute atomic E-state index is 0.0272. The molecule has 3 aromatic carbocycles. The Hall–Kier alpha value is -2.29. The summed E-state index contributed by atoms with van der Waals surface area (Å²) in [6, 6.07) is 9.59. The number of amides is 2. The molecule has 0 bridgehead atoms. The molecule has 1 saturated carbocycles. The summed E-state index contributed by atoms with van der Waals surface area (Å²) in [6.07, 6.45) is 0. The van der Waals surface area contributed by atoms with Gasteiger partial charge in [-0.1, -0.05) is 40.9 Å². The molecule has 0 aliphatic heterocycles. The maximum atomic E-state index is 14.3. The van der Waals surface area contributed by atoms with Crippen molar-refractivity contribution in [2.75, 3.05) is 16.4 Å². The molecule has 4 N–H and O–H groups in total. The first-order chi connectivity index (χ1) is 16.8. The van der Waals surface area contributed by atoms with Crippen molar-refractivity contribution in [3.8, 4) is 0 Å². The molecule has 1 aliphatic carbocycles. The van der Waals surface area contributed by atoms with E-state index in [4.69, 9.17) is 63.7 Å². The Morgan fingerprint density at radius 1 is 0.972 bits per heavy atom. The van der Waals surface area contributed by atoms with Gasteiger partial charge >= 0.3 is 0 Å². The maximum Gasteiger partial charge on any atom is 0.257 e. The van der Waals surface area contributed by atoms with Crippen molar-refractivity contribution in [3.05, 3.63) is 85.9 Å². The molecule has 3 aromatic rings. The van der Waals surface area contributed by atoms with E-state index in [0.717, 1.165) is 12.1 Å². The first kappa shape index (κ1) is 26.8. The Balaban J connectivity index is 1.57. The highest BCUT2D eigenvalue weighted by Crippen LogP contribution is 2.65. The van der Waals surface area contributed by atoms with Gasteiger partial charge in [-0.2, -0.15) is 0 Å². The number of carbonyl (C=O) groups is 2. The van der Waals surface area contributed by atoms with Crippen molar-refractivity contribution < 1.29 is 18.4 Å². The van der Waals surface area contributed by atoms with Crippen molar-refractivity contribution >= 4 is 86.9 Å². The van der Waals surface area contributed by atoms with Crippen molar-refractivity contribution in [3.63, 3.8) is 0 Å². The van der Waals surface area contributed by atoms with E-state index in [2.05, 4.69) is 10.6 Å². The normalized spacial score (nSPS) is 18.0. The topological polar surface area (TPSA) is 84.2 Å². The molecule has 1 aliphatic rings. The number of nitrogens with two attached hydrogens (primary N) is 1. The molecule has 0 spiro atoms. The van der Waals surface area contributed by atoms with E-state index in [-0.39, 0.29) is 22.0 Å².